The highest BCUT2D eigenvalue weighted by atomic mass is 32.2. The molecule has 0 spiro atoms. The van der Waals surface area contributed by atoms with Crippen LogP contribution in [0.5, 0.6) is 0 Å². The van der Waals surface area contributed by atoms with E-state index in [1.807, 2.05) is 0 Å². The number of sulfone groups is 1. The van der Waals surface area contributed by atoms with E-state index in [0.29, 0.717) is 5.69 Å². The molecule has 22 heavy (non-hydrogen) atoms. The Hall–Kier alpha value is -1.31. The van der Waals surface area contributed by atoms with E-state index in [1.165, 1.54) is 6.07 Å². The molecule has 0 amide bonds. The van der Waals surface area contributed by atoms with Crippen molar-refractivity contribution < 1.29 is 13.2 Å². The molecule has 1 heterocycles. The second-order valence-electron chi connectivity index (χ2n) is 5.72. The first-order chi connectivity index (χ1) is 10.4. The number of nitrogen functional groups attached to an aromatic ring is 1. The van der Waals surface area contributed by atoms with Gasteiger partial charge < -0.3 is 15.8 Å². The van der Waals surface area contributed by atoms with Crippen molar-refractivity contribution in [2.45, 2.75) is 24.0 Å². The Balaban J connectivity index is 1.95. The Bertz CT molecular complexity index is 596. The van der Waals surface area contributed by atoms with Crippen LogP contribution in [0, 0.1) is 0 Å². The fraction of sp³-hybridized carbons (Fsp3) is 0.600. The molecule has 0 atom stereocenters. The minimum Gasteiger partial charge on any atom is -0.397 e. The van der Waals surface area contributed by atoms with Gasteiger partial charge in [0.15, 0.2) is 9.84 Å². The first-order valence-electron chi connectivity index (χ1n) is 7.58. The van der Waals surface area contributed by atoms with Crippen LogP contribution in [0.2, 0.25) is 0 Å². The van der Waals surface area contributed by atoms with Gasteiger partial charge in [-0.05, 0) is 32.0 Å². The van der Waals surface area contributed by atoms with E-state index in [4.69, 9.17) is 10.5 Å². The van der Waals surface area contributed by atoms with Crippen molar-refractivity contribution in [2.75, 3.05) is 50.4 Å². The highest BCUT2D eigenvalue weighted by molar-refractivity contribution is 7.92. The van der Waals surface area contributed by atoms with Gasteiger partial charge in [-0.3, -0.25) is 4.90 Å². The van der Waals surface area contributed by atoms with Gasteiger partial charge in [0.25, 0.3) is 0 Å². The van der Waals surface area contributed by atoms with Crippen LogP contribution in [-0.2, 0) is 14.6 Å². The van der Waals surface area contributed by atoms with Crippen molar-refractivity contribution in [3.8, 4) is 0 Å². The van der Waals surface area contributed by atoms with E-state index in [9.17, 15) is 8.42 Å². The zero-order valence-electron chi connectivity index (χ0n) is 13.2. The van der Waals surface area contributed by atoms with Gasteiger partial charge in [-0.1, -0.05) is 0 Å². The lowest BCUT2D eigenvalue weighted by Gasteiger charge is -2.26. The fourth-order valence-corrected chi connectivity index (χ4v) is 3.42. The topological polar surface area (TPSA) is 84.7 Å². The summed E-state index contributed by atoms with van der Waals surface area (Å²) >= 11 is 0. The van der Waals surface area contributed by atoms with Crippen molar-refractivity contribution in [3.63, 3.8) is 0 Å². The lowest BCUT2D eigenvalue weighted by atomic mass is 10.2. The maximum Gasteiger partial charge on any atom is 0.180 e. The minimum atomic E-state index is -3.28. The normalized spacial score (nSPS) is 16.9. The number of hydrogen-bond donors (Lipinski definition) is 2. The van der Waals surface area contributed by atoms with Crippen LogP contribution in [0.25, 0.3) is 0 Å². The molecule has 0 saturated carbocycles. The third-order valence-corrected chi connectivity index (χ3v) is 5.97. The summed E-state index contributed by atoms with van der Waals surface area (Å²) < 4.78 is 29.6. The molecule has 0 aromatic heterocycles. The van der Waals surface area contributed by atoms with Gasteiger partial charge in [-0.25, -0.2) is 8.42 Å². The Morgan fingerprint density at radius 3 is 2.59 bits per heavy atom. The Kier molecular flexibility index (Phi) is 5.66. The van der Waals surface area contributed by atoms with E-state index >= 15 is 0 Å². The summed E-state index contributed by atoms with van der Waals surface area (Å²) in [6, 6.07) is 4.89. The van der Waals surface area contributed by atoms with Gasteiger partial charge in [-0.2, -0.15) is 0 Å². The number of benzene rings is 1. The molecule has 1 aliphatic heterocycles. The van der Waals surface area contributed by atoms with Crippen LogP contribution in [0.4, 0.5) is 11.4 Å². The summed E-state index contributed by atoms with van der Waals surface area (Å²) in [6.45, 7) is 8.47. The first kappa shape index (κ1) is 17.1. The second-order valence-corrected chi connectivity index (χ2v) is 8.23. The van der Waals surface area contributed by atoms with Crippen molar-refractivity contribution in [2.24, 2.45) is 0 Å². The molecule has 0 unspecified atom stereocenters. The molecule has 2 rings (SSSR count). The summed E-state index contributed by atoms with van der Waals surface area (Å²) in [4.78, 5) is 2.60. The van der Waals surface area contributed by atoms with Crippen LogP contribution in [-0.4, -0.2) is 58.0 Å². The average Bonchev–Trinajstić information content (AvgIpc) is 2.49. The van der Waals surface area contributed by atoms with Gasteiger partial charge >= 0.3 is 0 Å². The Labute approximate surface area is 132 Å². The molecule has 3 N–H and O–H groups in total. The summed E-state index contributed by atoms with van der Waals surface area (Å²) in [5.41, 5.74) is 7.21. The highest BCUT2D eigenvalue weighted by Gasteiger charge is 2.20. The van der Waals surface area contributed by atoms with E-state index in [-0.39, 0.29) is 4.90 Å². The van der Waals surface area contributed by atoms with Gasteiger partial charge in [0.2, 0.25) is 0 Å². The molecule has 6 nitrogen and oxygen atoms in total. The minimum absolute atomic E-state index is 0.277. The lowest BCUT2D eigenvalue weighted by Crippen LogP contribution is -2.39. The summed E-state index contributed by atoms with van der Waals surface area (Å²) in [6.07, 6.45) is 0. The van der Waals surface area contributed by atoms with E-state index < -0.39 is 15.1 Å². The fourth-order valence-electron chi connectivity index (χ4n) is 2.32. The van der Waals surface area contributed by atoms with Gasteiger partial charge in [0.05, 0.1) is 34.7 Å². The van der Waals surface area contributed by atoms with Crippen LogP contribution in [0.15, 0.2) is 23.1 Å². The quantitative estimate of drug-likeness (QED) is 0.764. The number of anilines is 2. The summed E-state index contributed by atoms with van der Waals surface area (Å²) in [7, 11) is -3.28. The van der Waals surface area contributed by atoms with Crippen LogP contribution < -0.4 is 11.1 Å². The first-order valence-corrected chi connectivity index (χ1v) is 9.13. The molecule has 1 saturated heterocycles. The van der Waals surface area contributed by atoms with Gasteiger partial charge in [0, 0.05) is 26.2 Å². The van der Waals surface area contributed by atoms with Gasteiger partial charge in [-0.15, -0.1) is 0 Å². The highest BCUT2D eigenvalue weighted by Crippen LogP contribution is 2.24. The number of nitrogens with two attached hydrogens (primary N) is 1. The molecule has 1 fully saturated rings. The maximum absolute atomic E-state index is 12.1. The number of ether oxygens (including phenoxy) is 1. The SMILES string of the molecule is CC(C)S(=O)(=O)c1ccc(NCCN2CCOCC2)c(N)c1. The van der Waals surface area contributed by atoms with Crippen LogP contribution >= 0.6 is 0 Å². The molecular weight excluding hydrogens is 302 g/mol. The zero-order valence-corrected chi connectivity index (χ0v) is 14.0. The average molecular weight is 327 g/mol. The van der Waals surface area contributed by atoms with Gasteiger partial charge in [0.1, 0.15) is 0 Å². The van der Waals surface area contributed by atoms with Crippen molar-refractivity contribution in [3.05, 3.63) is 18.2 Å². The van der Waals surface area contributed by atoms with E-state index in [0.717, 1.165) is 45.1 Å². The number of hydrogen-bond acceptors (Lipinski definition) is 6. The number of rotatable bonds is 6. The third-order valence-electron chi connectivity index (χ3n) is 3.82. The molecule has 0 aliphatic carbocycles. The molecule has 1 aromatic rings. The molecule has 1 aromatic carbocycles. The molecule has 7 heteroatoms. The van der Waals surface area contributed by atoms with E-state index in [1.54, 1.807) is 26.0 Å². The largest absolute Gasteiger partial charge is 0.397 e. The Morgan fingerprint density at radius 1 is 1.32 bits per heavy atom. The van der Waals surface area contributed by atoms with Crippen molar-refractivity contribution in [1.29, 1.82) is 0 Å². The van der Waals surface area contributed by atoms with Crippen molar-refractivity contribution >= 4 is 21.2 Å². The number of nitrogens with one attached hydrogen (secondary N) is 1. The second kappa shape index (κ2) is 7.30. The summed E-state index contributed by atoms with van der Waals surface area (Å²) in [5.74, 6) is 0. The smallest absolute Gasteiger partial charge is 0.180 e. The number of nitrogens with zero attached hydrogens (tertiary/aromatic N) is 1. The monoisotopic (exact) mass is 327 g/mol. The zero-order chi connectivity index (χ0) is 16.2. The molecule has 0 bridgehead atoms. The molecule has 1 aliphatic rings. The van der Waals surface area contributed by atoms with E-state index in [2.05, 4.69) is 10.2 Å². The lowest BCUT2D eigenvalue weighted by molar-refractivity contribution is 0.0398. The van der Waals surface area contributed by atoms with Crippen LogP contribution in [0.1, 0.15) is 13.8 Å². The molecule has 124 valence electrons. The third kappa shape index (κ3) is 4.12. The maximum atomic E-state index is 12.1. The van der Waals surface area contributed by atoms with Crippen LogP contribution in [0.3, 0.4) is 0 Å². The molecular formula is C15H25N3O3S. The molecule has 0 radical (unpaired) electrons. The Morgan fingerprint density at radius 2 is 2.00 bits per heavy atom. The standard InChI is InChI=1S/C15H25N3O3S/c1-12(2)22(19,20)13-3-4-15(14(16)11-13)17-5-6-18-7-9-21-10-8-18/h3-4,11-12,17H,5-10,16H2,1-2H3. The predicted molar refractivity (Wildman–Crippen MR) is 88.9 cm³/mol. The summed E-state index contributed by atoms with van der Waals surface area (Å²) in [5, 5.41) is 2.81. The number of morpholine rings is 1. The predicted octanol–water partition coefficient (Wildman–Crippen LogP) is 1.20. The van der Waals surface area contributed by atoms with Crippen molar-refractivity contribution in [1.82, 2.24) is 4.90 Å².